The summed E-state index contributed by atoms with van der Waals surface area (Å²) in [7, 11) is 0. The lowest BCUT2D eigenvalue weighted by atomic mass is 10.0. The minimum Gasteiger partial charge on any atom is -0.462 e. The fourth-order valence-corrected chi connectivity index (χ4v) is 11.3. The van der Waals surface area contributed by atoms with Crippen LogP contribution in [0.5, 0.6) is 0 Å². The highest BCUT2D eigenvalue weighted by atomic mass is 32.2. The summed E-state index contributed by atoms with van der Waals surface area (Å²) in [5, 5.41) is 63.2. The van der Waals surface area contributed by atoms with Gasteiger partial charge in [0.15, 0.2) is 5.82 Å². The molecule has 17 heteroatoms. The lowest BCUT2D eigenvalue weighted by molar-refractivity contribution is -0.157. The molecule has 0 aromatic carbocycles. The highest BCUT2D eigenvalue weighted by Gasteiger charge is 2.31. The number of rotatable bonds is 61. The number of carbonyl (C=O) groups excluding carboxylic acids is 4. The fraction of sp³-hybridized carbons (Fsp3) is 0.908. The second-order valence-electron chi connectivity index (χ2n) is 23.6. The van der Waals surface area contributed by atoms with Gasteiger partial charge in [0.2, 0.25) is 11.8 Å². The van der Waals surface area contributed by atoms with Crippen molar-refractivity contribution in [1.29, 1.82) is 0 Å². The fourth-order valence-electron chi connectivity index (χ4n) is 10.3. The molecule has 1 aromatic heterocycles. The van der Waals surface area contributed by atoms with Gasteiger partial charge in [-0.25, -0.2) is 4.68 Å². The zero-order valence-corrected chi connectivity index (χ0v) is 53.1. The van der Waals surface area contributed by atoms with E-state index in [-0.39, 0.29) is 67.6 Å². The monoisotopic (exact) mass is 1180 g/mol. The largest absolute Gasteiger partial charge is 0.462 e. The summed E-state index contributed by atoms with van der Waals surface area (Å²) >= 11 is 1.30. The number of ether oxygens (including phenoxy) is 2. The van der Waals surface area contributed by atoms with Gasteiger partial charge in [-0.3, -0.25) is 19.2 Å². The standard InChI is InChI=1S/C65H123N5O11S/c1-4-7-10-13-16-19-22-25-28-31-34-37-40-43-46-60(74)66-56(65(79)67-59-50-70(69-68-59)49-57(72)63(77)64(78)58(73)51-71)54-82-53-55(81-62(76)48-45-42-39-36-33-30-27-24-21-18-15-12-9-6-3)52-80-61(75)47-44-41-38-35-32-29-26-23-20-17-14-11-8-5-2/h50,55-58,63-64,71-73,77-78H,4-49,51-54H2,1-3H3,(H,66,74)(H,67,79)/t55-,56-,57+,58-,63+,64-/m1/s1. The molecule has 0 aliphatic rings. The van der Waals surface area contributed by atoms with Gasteiger partial charge in [-0.1, -0.05) is 276 Å². The van der Waals surface area contributed by atoms with Crippen LogP contribution >= 0.6 is 11.8 Å². The first-order chi connectivity index (χ1) is 39.9. The molecule has 1 heterocycles. The first kappa shape index (κ1) is 77.2. The Balaban J connectivity index is 2.87. The van der Waals surface area contributed by atoms with Crippen molar-refractivity contribution in [2.45, 2.75) is 353 Å². The third kappa shape index (κ3) is 45.5. The number of amides is 2. The van der Waals surface area contributed by atoms with E-state index in [1.807, 2.05) is 0 Å². The van der Waals surface area contributed by atoms with Crippen molar-refractivity contribution >= 4 is 41.3 Å². The summed E-state index contributed by atoms with van der Waals surface area (Å²) in [5.74, 6) is -1.25. The number of nitrogens with one attached hydrogen (secondary N) is 2. The zero-order valence-electron chi connectivity index (χ0n) is 52.3. The number of anilines is 1. The van der Waals surface area contributed by atoms with E-state index in [1.165, 1.54) is 217 Å². The van der Waals surface area contributed by atoms with E-state index in [0.29, 0.717) is 12.8 Å². The third-order valence-electron chi connectivity index (χ3n) is 15.7. The molecule has 0 bridgehead atoms. The number of hydrogen-bond acceptors (Lipinski definition) is 14. The number of esters is 2. The summed E-state index contributed by atoms with van der Waals surface area (Å²) in [6.07, 6.45) is 45.1. The maximum atomic E-state index is 13.9. The maximum Gasteiger partial charge on any atom is 0.306 e. The summed E-state index contributed by atoms with van der Waals surface area (Å²) in [5.41, 5.74) is 0. The van der Waals surface area contributed by atoms with Crippen LogP contribution in [0.3, 0.4) is 0 Å². The van der Waals surface area contributed by atoms with Crippen LogP contribution in [0, 0.1) is 0 Å². The Morgan fingerprint density at radius 1 is 0.500 bits per heavy atom. The predicted molar refractivity (Wildman–Crippen MR) is 335 cm³/mol. The van der Waals surface area contributed by atoms with Crippen LogP contribution in [0.4, 0.5) is 5.82 Å². The van der Waals surface area contributed by atoms with Crippen molar-refractivity contribution in [3.8, 4) is 0 Å². The third-order valence-corrected chi connectivity index (χ3v) is 16.9. The van der Waals surface area contributed by atoms with E-state index in [4.69, 9.17) is 14.6 Å². The molecule has 0 aliphatic carbocycles. The molecule has 0 saturated heterocycles. The van der Waals surface area contributed by atoms with E-state index in [2.05, 4.69) is 41.7 Å². The molecule has 6 atom stereocenters. The molecule has 1 aromatic rings. The molecular formula is C65H123N5O11S. The zero-order chi connectivity index (χ0) is 59.9. The van der Waals surface area contributed by atoms with Crippen LogP contribution in [-0.4, -0.2) is 126 Å². The van der Waals surface area contributed by atoms with E-state index in [1.54, 1.807) is 0 Å². The summed E-state index contributed by atoms with van der Waals surface area (Å²) in [6.45, 7) is 5.45. The SMILES string of the molecule is CCCCCCCCCCCCCCCCC(=O)N[C@H](CSC[C@@H](COC(=O)CCCCCCCCCCCCCCCC)OC(=O)CCCCCCCCCCCCCCCC)C(=O)Nc1cn(C[C@H](O)[C@H](O)[C@H](O)[C@H](O)CO)nn1. The molecule has 0 aliphatic heterocycles. The van der Waals surface area contributed by atoms with Gasteiger partial charge in [0.25, 0.3) is 0 Å². The molecule has 82 heavy (non-hydrogen) atoms. The number of aliphatic hydroxyl groups excluding tert-OH is 5. The highest BCUT2D eigenvalue weighted by molar-refractivity contribution is 7.99. The van der Waals surface area contributed by atoms with Gasteiger partial charge < -0.3 is 45.6 Å². The Hall–Kier alpha value is -2.83. The molecule has 1 rings (SSSR count). The van der Waals surface area contributed by atoms with Crippen molar-refractivity contribution in [2.24, 2.45) is 0 Å². The Kier molecular flexibility index (Phi) is 52.7. The van der Waals surface area contributed by atoms with Crippen molar-refractivity contribution in [3.63, 3.8) is 0 Å². The van der Waals surface area contributed by atoms with Gasteiger partial charge in [-0.05, 0) is 19.3 Å². The average molecular weight is 1180 g/mol. The predicted octanol–water partition coefficient (Wildman–Crippen LogP) is 13.9. The topological polar surface area (TPSA) is 243 Å². The van der Waals surface area contributed by atoms with Crippen LogP contribution in [0.2, 0.25) is 0 Å². The van der Waals surface area contributed by atoms with Crippen molar-refractivity contribution < 1.29 is 54.2 Å². The Morgan fingerprint density at radius 3 is 1.27 bits per heavy atom. The van der Waals surface area contributed by atoms with Crippen LogP contribution in [-0.2, 0) is 35.2 Å². The van der Waals surface area contributed by atoms with E-state index >= 15 is 0 Å². The van der Waals surface area contributed by atoms with Gasteiger partial charge in [-0.15, -0.1) is 5.10 Å². The van der Waals surface area contributed by atoms with Gasteiger partial charge in [0, 0.05) is 30.8 Å². The van der Waals surface area contributed by atoms with Crippen molar-refractivity contribution in [2.75, 3.05) is 30.0 Å². The number of aliphatic hydroxyl groups is 5. The average Bonchev–Trinajstić information content (AvgIpc) is 3.95. The van der Waals surface area contributed by atoms with Crippen LogP contribution < -0.4 is 10.6 Å². The van der Waals surface area contributed by atoms with Crippen LogP contribution in [0.1, 0.15) is 310 Å². The number of hydrogen-bond donors (Lipinski definition) is 7. The normalized spacial score (nSPS) is 13.8. The smallest absolute Gasteiger partial charge is 0.306 e. The molecule has 16 nitrogen and oxygen atoms in total. The molecular weight excluding hydrogens is 1060 g/mol. The first-order valence-corrected chi connectivity index (χ1v) is 34.9. The van der Waals surface area contributed by atoms with Crippen molar-refractivity contribution in [3.05, 3.63) is 6.20 Å². The summed E-state index contributed by atoms with van der Waals surface area (Å²) in [6, 6.07) is -1.04. The van der Waals surface area contributed by atoms with E-state index in [0.717, 1.165) is 62.5 Å². The van der Waals surface area contributed by atoms with E-state index in [9.17, 15) is 39.6 Å². The molecule has 480 valence electrons. The minimum absolute atomic E-state index is 0.000117. The van der Waals surface area contributed by atoms with Gasteiger partial charge in [-0.2, -0.15) is 11.8 Å². The first-order valence-electron chi connectivity index (χ1n) is 33.7. The van der Waals surface area contributed by atoms with Gasteiger partial charge >= 0.3 is 11.9 Å². The lowest BCUT2D eigenvalue weighted by Gasteiger charge is -2.25. The lowest BCUT2D eigenvalue weighted by Crippen LogP contribution is -2.47. The second-order valence-corrected chi connectivity index (χ2v) is 24.7. The minimum atomic E-state index is -1.82. The number of nitrogens with zero attached hydrogens (tertiary/aromatic N) is 3. The molecule has 0 radical (unpaired) electrons. The Bertz CT molecular complexity index is 1640. The van der Waals surface area contributed by atoms with E-state index < -0.39 is 49.1 Å². The number of aromatic nitrogens is 3. The van der Waals surface area contributed by atoms with Gasteiger partial charge in [0.05, 0.1) is 19.3 Å². The van der Waals surface area contributed by atoms with Crippen molar-refractivity contribution in [1.82, 2.24) is 20.3 Å². The molecule has 0 fully saturated rings. The number of carbonyl (C=O) groups is 4. The van der Waals surface area contributed by atoms with Crippen LogP contribution in [0.15, 0.2) is 6.20 Å². The summed E-state index contributed by atoms with van der Waals surface area (Å²) < 4.78 is 12.8. The molecule has 0 saturated carbocycles. The molecule has 2 amide bonds. The Labute approximate surface area is 502 Å². The Morgan fingerprint density at radius 2 is 0.866 bits per heavy atom. The molecule has 0 unspecified atom stereocenters. The quantitative estimate of drug-likeness (QED) is 0.0237. The molecule has 0 spiro atoms. The number of thioether (sulfide) groups is 1. The number of unbranched alkanes of at least 4 members (excludes halogenated alkanes) is 39. The summed E-state index contributed by atoms with van der Waals surface area (Å²) in [4.78, 5) is 53.6. The second kappa shape index (κ2) is 56.0. The van der Waals surface area contributed by atoms with Crippen LogP contribution in [0.25, 0.3) is 0 Å². The molecule has 7 N–H and O–H groups in total. The maximum absolute atomic E-state index is 13.9. The van der Waals surface area contributed by atoms with Gasteiger partial charge in [0.1, 0.15) is 43.2 Å². The highest BCUT2D eigenvalue weighted by Crippen LogP contribution is 2.19.